The van der Waals surface area contributed by atoms with E-state index in [-0.39, 0.29) is 0 Å². The van der Waals surface area contributed by atoms with Gasteiger partial charge >= 0.3 is 0 Å². The minimum Gasteiger partial charge on any atom is -0.254 e. The van der Waals surface area contributed by atoms with E-state index in [1.807, 2.05) is 31.5 Å². The Hall–Kier alpha value is -2.48. The third kappa shape index (κ3) is 2.59. The Bertz CT molecular complexity index is 631. The number of pyridine rings is 2. The largest absolute Gasteiger partial charge is 0.254 e. The minimum absolute atomic E-state index is 0.904. The van der Waals surface area contributed by atoms with Crippen molar-refractivity contribution in [2.75, 3.05) is 0 Å². The Balaban J connectivity index is 1.91. The lowest BCUT2D eigenvalue weighted by Crippen LogP contribution is -1.88. The second-order valence-corrected chi connectivity index (χ2v) is 5.02. The van der Waals surface area contributed by atoms with Crippen LogP contribution in [0.2, 0.25) is 0 Å². The maximum atomic E-state index is 4.51. The molecule has 0 N–H and O–H groups in total. The molecule has 20 heavy (non-hydrogen) atoms. The van der Waals surface area contributed by atoms with Gasteiger partial charge in [0, 0.05) is 18.0 Å². The zero-order valence-electron chi connectivity index (χ0n) is 11.7. The van der Waals surface area contributed by atoms with Gasteiger partial charge in [-0.2, -0.15) is 0 Å². The number of rotatable bonds is 2. The molecule has 0 radical (unpaired) electrons. The second kappa shape index (κ2) is 5.25. The van der Waals surface area contributed by atoms with E-state index in [0.29, 0.717) is 0 Å². The van der Waals surface area contributed by atoms with E-state index in [0.717, 1.165) is 22.5 Å². The molecule has 0 saturated heterocycles. The third-order valence-corrected chi connectivity index (χ3v) is 3.32. The molecule has 3 aromatic rings. The van der Waals surface area contributed by atoms with Crippen LogP contribution < -0.4 is 0 Å². The van der Waals surface area contributed by atoms with Crippen LogP contribution >= 0.6 is 0 Å². The number of hydrogen-bond donors (Lipinski definition) is 0. The van der Waals surface area contributed by atoms with Crippen LogP contribution in [-0.4, -0.2) is 9.97 Å². The lowest BCUT2D eigenvalue weighted by atomic mass is 10.1. The third-order valence-electron chi connectivity index (χ3n) is 3.32. The summed E-state index contributed by atoms with van der Waals surface area (Å²) in [4.78, 5) is 8.91. The van der Waals surface area contributed by atoms with E-state index >= 15 is 0 Å². The zero-order chi connectivity index (χ0) is 13.9. The first-order valence-corrected chi connectivity index (χ1v) is 6.68. The smallest absolute Gasteiger partial charge is 0.0886 e. The molecule has 2 heterocycles. The minimum atomic E-state index is 0.904. The van der Waals surface area contributed by atoms with Crippen molar-refractivity contribution in [3.05, 3.63) is 72.1 Å². The van der Waals surface area contributed by atoms with Crippen molar-refractivity contribution in [3.8, 4) is 22.5 Å². The molecule has 1 aromatic carbocycles. The molecule has 0 atom stereocenters. The summed E-state index contributed by atoms with van der Waals surface area (Å²) in [5, 5.41) is 0. The highest BCUT2D eigenvalue weighted by atomic mass is 14.8. The number of benzene rings is 1. The Morgan fingerprint density at radius 3 is 1.65 bits per heavy atom. The number of nitrogens with zero attached hydrogens (tertiary/aromatic N) is 2. The predicted octanol–water partition coefficient (Wildman–Crippen LogP) is 4.43. The summed E-state index contributed by atoms with van der Waals surface area (Å²) in [6.45, 7) is 4.12. The van der Waals surface area contributed by atoms with Crippen LogP contribution in [0.5, 0.6) is 0 Å². The molecule has 0 spiro atoms. The first-order valence-electron chi connectivity index (χ1n) is 6.68. The first-order chi connectivity index (χ1) is 9.72. The van der Waals surface area contributed by atoms with Crippen LogP contribution in [0.15, 0.2) is 60.9 Å². The predicted molar refractivity (Wildman–Crippen MR) is 82.4 cm³/mol. The fourth-order valence-electron chi connectivity index (χ4n) is 2.08. The van der Waals surface area contributed by atoms with E-state index in [4.69, 9.17) is 0 Å². The maximum absolute atomic E-state index is 4.51. The molecule has 0 aliphatic rings. The number of hydrogen-bond acceptors (Lipinski definition) is 2. The number of aryl methyl sites for hydroxylation is 2. The van der Waals surface area contributed by atoms with Gasteiger partial charge in [-0.25, -0.2) is 0 Å². The van der Waals surface area contributed by atoms with Crippen molar-refractivity contribution >= 4 is 0 Å². The van der Waals surface area contributed by atoms with E-state index < -0.39 is 0 Å². The van der Waals surface area contributed by atoms with Crippen LogP contribution in [0.3, 0.4) is 0 Å². The molecule has 0 saturated carbocycles. The van der Waals surface area contributed by atoms with Crippen molar-refractivity contribution in [2.45, 2.75) is 13.8 Å². The molecule has 0 bridgehead atoms. The Labute approximate surface area is 119 Å². The lowest BCUT2D eigenvalue weighted by molar-refractivity contribution is 1.22. The number of aromatic nitrogens is 2. The van der Waals surface area contributed by atoms with Gasteiger partial charge in [0.15, 0.2) is 0 Å². The topological polar surface area (TPSA) is 25.8 Å². The molecule has 0 unspecified atom stereocenters. The molecule has 0 amide bonds. The Morgan fingerprint density at radius 2 is 1.10 bits per heavy atom. The highest BCUT2D eigenvalue weighted by molar-refractivity contribution is 5.65. The molecule has 2 aromatic heterocycles. The molecule has 2 nitrogen and oxygen atoms in total. The van der Waals surface area contributed by atoms with Gasteiger partial charge in [0.2, 0.25) is 0 Å². The molecule has 98 valence electrons. The molecule has 0 fully saturated rings. The standard InChI is InChI=1S/C18H16N2/c1-13-3-6-15(7-4-13)16-8-10-18(20-12-16)17-9-5-14(2)11-19-17/h3-12H,1-2H3. The molecule has 3 rings (SSSR count). The SMILES string of the molecule is Cc1ccc(-c2ccc(-c3ccc(C)cn3)nc2)cc1. The summed E-state index contributed by atoms with van der Waals surface area (Å²) in [6.07, 6.45) is 3.77. The van der Waals surface area contributed by atoms with Gasteiger partial charge in [0.1, 0.15) is 0 Å². The Morgan fingerprint density at radius 1 is 0.550 bits per heavy atom. The van der Waals surface area contributed by atoms with E-state index in [1.54, 1.807) is 0 Å². The van der Waals surface area contributed by atoms with Gasteiger partial charge in [0.25, 0.3) is 0 Å². The summed E-state index contributed by atoms with van der Waals surface area (Å²) in [7, 11) is 0. The zero-order valence-corrected chi connectivity index (χ0v) is 11.7. The van der Waals surface area contributed by atoms with Crippen LogP contribution in [0, 0.1) is 13.8 Å². The van der Waals surface area contributed by atoms with Crippen molar-refractivity contribution in [1.29, 1.82) is 0 Å². The molecule has 0 aliphatic carbocycles. The summed E-state index contributed by atoms with van der Waals surface area (Å²) < 4.78 is 0. The average molecular weight is 260 g/mol. The highest BCUT2D eigenvalue weighted by Gasteiger charge is 2.02. The lowest BCUT2D eigenvalue weighted by Gasteiger charge is -2.04. The van der Waals surface area contributed by atoms with Crippen LogP contribution in [0.4, 0.5) is 0 Å². The van der Waals surface area contributed by atoms with Crippen LogP contribution in [-0.2, 0) is 0 Å². The highest BCUT2D eigenvalue weighted by Crippen LogP contribution is 2.22. The summed E-state index contributed by atoms with van der Waals surface area (Å²) in [6, 6.07) is 16.6. The second-order valence-electron chi connectivity index (χ2n) is 5.02. The van der Waals surface area contributed by atoms with Gasteiger partial charge in [-0.1, -0.05) is 42.0 Å². The van der Waals surface area contributed by atoms with Gasteiger partial charge in [-0.3, -0.25) is 9.97 Å². The van der Waals surface area contributed by atoms with Crippen LogP contribution in [0.25, 0.3) is 22.5 Å². The van der Waals surface area contributed by atoms with Crippen molar-refractivity contribution in [1.82, 2.24) is 9.97 Å². The van der Waals surface area contributed by atoms with Gasteiger partial charge in [-0.15, -0.1) is 0 Å². The normalized spacial score (nSPS) is 10.5. The molecule has 2 heteroatoms. The molecule has 0 aliphatic heterocycles. The molecular formula is C18H16N2. The average Bonchev–Trinajstić information content (AvgIpc) is 2.49. The quantitative estimate of drug-likeness (QED) is 0.681. The van der Waals surface area contributed by atoms with E-state index in [1.165, 1.54) is 11.1 Å². The summed E-state index contributed by atoms with van der Waals surface area (Å²) >= 11 is 0. The van der Waals surface area contributed by atoms with Gasteiger partial charge < -0.3 is 0 Å². The van der Waals surface area contributed by atoms with E-state index in [9.17, 15) is 0 Å². The first kappa shape index (κ1) is 12.5. The van der Waals surface area contributed by atoms with Crippen molar-refractivity contribution in [3.63, 3.8) is 0 Å². The van der Waals surface area contributed by atoms with Crippen molar-refractivity contribution in [2.24, 2.45) is 0 Å². The Kier molecular flexibility index (Phi) is 3.30. The summed E-state index contributed by atoms with van der Waals surface area (Å²) in [5.74, 6) is 0. The maximum Gasteiger partial charge on any atom is 0.0886 e. The van der Waals surface area contributed by atoms with Crippen molar-refractivity contribution < 1.29 is 0 Å². The van der Waals surface area contributed by atoms with Gasteiger partial charge in [0.05, 0.1) is 11.4 Å². The fourth-order valence-corrected chi connectivity index (χ4v) is 2.08. The fraction of sp³-hybridized carbons (Fsp3) is 0.111. The summed E-state index contributed by atoms with van der Waals surface area (Å²) in [5.41, 5.74) is 6.55. The molecular weight excluding hydrogens is 244 g/mol. The monoisotopic (exact) mass is 260 g/mol. The van der Waals surface area contributed by atoms with E-state index in [2.05, 4.69) is 53.3 Å². The van der Waals surface area contributed by atoms with Gasteiger partial charge in [-0.05, 0) is 37.1 Å². The van der Waals surface area contributed by atoms with Crippen LogP contribution in [0.1, 0.15) is 11.1 Å².